The molecule has 0 saturated carbocycles. The molecule has 1 N–H and O–H groups in total. The number of benzene rings is 2. The molecule has 0 aliphatic rings. The Morgan fingerprint density at radius 3 is 2.34 bits per heavy atom. The average Bonchev–Trinajstić information content (AvgIpc) is 2.71. The summed E-state index contributed by atoms with van der Waals surface area (Å²) >= 11 is 12.2. The zero-order chi connectivity index (χ0) is 24.1. The smallest absolute Gasteiger partial charge is 0.244 e. The highest BCUT2D eigenvalue weighted by atomic mass is 35.5. The third-order valence-corrected chi connectivity index (χ3v) is 6.59. The van der Waals surface area contributed by atoms with Crippen molar-refractivity contribution in [3.05, 3.63) is 63.6 Å². The average molecular weight is 500 g/mol. The molecule has 10 heteroatoms. The minimum atomic E-state index is -3.86. The van der Waals surface area contributed by atoms with Crippen LogP contribution >= 0.6 is 23.2 Å². The minimum Gasteiger partial charge on any atom is -0.357 e. The van der Waals surface area contributed by atoms with Crippen LogP contribution in [0.3, 0.4) is 0 Å². The number of hydrogen-bond donors (Lipinski definition) is 1. The van der Waals surface area contributed by atoms with Gasteiger partial charge in [-0.1, -0.05) is 60.0 Å². The summed E-state index contributed by atoms with van der Waals surface area (Å²) in [5.74, 6) is -0.859. The van der Waals surface area contributed by atoms with Gasteiger partial charge in [-0.15, -0.1) is 0 Å². The molecule has 2 aromatic rings. The maximum absolute atomic E-state index is 13.4. The van der Waals surface area contributed by atoms with E-state index in [1.54, 1.807) is 6.92 Å². The molecule has 174 valence electrons. The first-order chi connectivity index (χ1) is 15.0. The standard InChI is InChI=1S/C22H27Cl2N3O4S/c1-5-19(22(29)25-3)26(13-16-8-6-7-15(2)11-16)21(28)14-27(32(4,30)31)20-10-9-17(23)12-18(20)24/h6-12,19H,5,13-14H2,1-4H3,(H,25,29)/t19-/m0/s1. The van der Waals surface area contributed by atoms with E-state index in [2.05, 4.69) is 5.32 Å². The van der Waals surface area contributed by atoms with E-state index in [9.17, 15) is 18.0 Å². The normalized spacial score (nSPS) is 12.2. The molecule has 0 heterocycles. The van der Waals surface area contributed by atoms with Crippen LogP contribution in [0.1, 0.15) is 24.5 Å². The topological polar surface area (TPSA) is 86.8 Å². The van der Waals surface area contributed by atoms with E-state index in [1.807, 2.05) is 31.2 Å². The number of likely N-dealkylation sites (N-methyl/N-ethyl adjacent to an activating group) is 1. The molecule has 0 radical (unpaired) electrons. The number of rotatable bonds is 9. The Balaban J connectivity index is 2.46. The van der Waals surface area contributed by atoms with Crippen LogP contribution in [0, 0.1) is 6.92 Å². The summed E-state index contributed by atoms with van der Waals surface area (Å²) in [5.41, 5.74) is 1.97. The Labute approximate surface area is 199 Å². The van der Waals surface area contributed by atoms with Crippen LogP contribution in [-0.2, 0) is 26.2 Å². The second-order valence-corrected chi connectivity index (χ2v) is 10.2. The van der Waals surface area contributed by atoms with E-state index in [0.29, 0.717) is 11.4 Å². The number of hydrogen-bond acceptors (Lipinski definition) is 4. The first kappa shape index (κ1) is 26.0. The van der Waals surface area contributed by atoms with Gasteiger partial charge >= 0.3 is 0 Å². The number of nitrogens with zero attached hydrogens (tertiary/aromatic N) is 2. The predicted octanol–water partition coefficient (Wildman–Crippen LogP) is 3.62. The molecule has 2 rings (SSSR count). The Bertz CT molecular complexity index is 1090. The quantitative estimate of drug-likeness (QED) is 0.570. The fourth-order valence-electron chi connectivity index (χ4n) is 3.37. The van der Waals surface area contributed by atoms with Crippen LogP contribution in [0.25, 0.3) is 0 Å². The molecule has 0 aliphatic carbocycles. The van der Waals surface area contributed by atoms with Crippen molar-refractivity contribution in [3.8, 4) is 0 Å². The lowest BCUT2D eigenvalue weighted by molar-refractivity contribution is -0.140. The summed E-state index contributed by atoms with van der Waals surface area (Å²) in [4.78, 5) is 27.3. The van der Waals surface area contributed by atoms with E-state index in [0.717, 1.165) is 21.7 Å². The molecule has 2 amide bonds. The number of carbonyl (C=O) groups excluding carboxylic acids is 2. The van der Waals surface area contributed by atoms with E-state index < -0.39 is 28.5 Å². The van der Waals surface area contributed by atoms with Gasteiger partial charge in [0.1, 0.15) is 12.6 Å². The molecular formula is C22H27Cl2N3O4S. The fourth-order valence-corrected chi connectivity index (χ4v) is 4.79. The number of carbonyl (C=O) groups is 2. The molecule has 0 fully saturated rings. The van der Waals surface area contributed by atoms with Gasteiger partial charge in [0, 0.05) is 18.6 Å². The highest BCUT2D eigenvalue weighted by Gasteiger charge is 2.31. The van der Waals surface area contributed by atoms with Crippen LogP contribution in [0.4, 0.5) is 5.69 Å². The summed E-state index contributed by atoms with van der Waals surface area (Å²) < 4.78 is 26.0. The number of amides is 2. The lowest BCUT2D eigenvalue weighted by Crippen LogP contribution is -2.51. The van der Waals surface area contributed by atoms with E-state index >= 15 is 0 Å². The molecule has 0 saturated heterocycles. The van der Waals surface area contributed by atoms with Crippen molar-refractivity contribution < 1.29 is 18.0 Å². The largest absolute Gasteiger partial charge is 0.357 e. The number of aryl methyl sites for hydroxylation is 1. The van der Waals surface area contributed by atoms with Crippen LogP contribution in [-0.4, -0.2) is 51.0 Å². The number of nitrogens with one attached hydrogen (secondary N) is 1. The second kappa shape index (κ2) is 11.0. The van der Waals surface area contributed by atoms with Crippen LogP contribution in [0.5, 0.6) is 0 Å². The third kappa shape index (κ3) is 6.60. The maximum Gasteiger partial charge on any atom is 0.244 e. The van der Waals surface area contributed by atoms with Gasteiger partial charge in [-0.3, -0.25) is 13.9 Å². The summed E-state index contributed by atoms with van der Waals surface area (Å²) in [6, 6.07) is 11.1. The zero-order valence-corrected chi connectivity index (χ0v) is 20.8. The molecule has 0 bridgehead atoms. The van der Waals surface area contributed by atoms with Gasteiger partial charge in [-0.25, -0.2) is 8.42 Å². The Morgan fingerprint density at radius 2 is 1.81 bits per heavy atom. The maximum atomic E-state index is 13.4. The molecule has 2 aromatic carbocycles. The summed E-state index contributed by atoms with van der Waals surface area (Å²) in [5, 5.41) is 3.01. The Morgan fingerprint density at radius 1 is 1.12 bits per heavy atom. The number of anilines is 1. The van der Waals surface area contributed by atoms with E-state index in [1.165, 1.54) is 30.1 Å². The molecule has 1 atom stereocenters. The lowest BCUT2D eigenvalue weighted by Gasteiger charge is -2.32. The van der Waals surface area contributed by atoms with Crippen LogP contribution in [0.15, 0.2) is 42.5 Å². The van der Waals surface area contributed by atoms with Gasteiger partial charge in [0.25, 0.3) is 0 Å². The molecule has 7 nitrogen and oxygen atoms in total. The molecule has 0 spiro atoms. The van der Waals surface area contributed by atoms with Crippen molar-refractivity contribution in [2.75, 3.05) is 24.2 Å². The summed E-state index contributed by atoms with van der Waals surface area (Å²) in [6.45, 7) is 3.36. The molecular weight excluding hydrogens is 473 g/mol. The summed E-state index contributed by atoms with van der Waals surface area (Å²) in [7, 11) is -2.37. The zero-order valence-electron chi connectivity index (χ0n) is 18.4. The first-order valence-corrected chi connectivity index (χ1v) is 12.6. The van der Waals surface area contributed by atoms with Crippen molar-refractivity contribution >= 4 is 50.7 Å². The second-order valence-electron chi connectivity index (χ2n) is 7.41. The van der Waals surface area contributed by atoms with Crippen LogP contribution in [0.2, 0.25) is 10.0 Å². The lowest BCUT2D eigenvalue weighted by atomic mass is 10.1. The van der Waals surface area contributed by atoms with E-state index in [-0.39, 0.29) is 23.2 Å². The van der Waals surface area contributed by atoms with Crippen molar-refractivity contribution in [1.82, 2.24) is 10.2 Å². The molecule has 0 aromatic heterocycles. The Kier molecular flexibility index (Phi) is 8.95. The first-order valence-electron chi connectivity index (χ1n) is 9.97. The Hall–Kier alpha value is -2.29. The van der Waals surface area contributed by atoms with Crippen LogP contribution < -0.4 is 9.62 Å². The van der Waals surface area contributed by atoms with Crippen molar-refractivity contribution in [3.63, 3.8) is 0 Å². The number of halogens is 2. The molecule has 0 aliphatic heterocycles. The minimum absolute atomic E-state index is 0.0966. The highest BCUT2D eigenvalue weighted by Crippen LogP contribution is 2.30. The fraction of sp³-hybridized carbons (Fsp3) is 0.364. The van der Waals surface area contributed by atoms with Gasteiger partial charge in [-0.05, 0) is 37.1 Å². The van der Waals surface area contributed by atoms with Gasteiger partial charge in [0.15, 0.2) is 0 Å². The monoisotopic (exact) mass is 499 g/mol. The third-order valence-electron chi connectivity index (χ3n) is 4.93. The predicted molar refractivity (Wildman–Crippen MR) is 129 cm³/mol. The van der Waals surface area contributed by atoms with Gasteiger partial charge in [-0.2, -0.15) is 0 Å². The SMILES string of the molecule is CC[C@@H](C(=O)NC)N(Cc1cccc(C)c1)C(=O)CN(c1ccc(Cl)cc1Cl)S(C)(=O)=O. The highest BCUT2D eigenvalue weighted by molar-refractivity contribution is 7.92. The van der Waals surface area contributed by atoms with Gasteiger partial charge < -0.3 is 10.2 Å². The number of sulfonamides is 1. The van der Waals surface area contributed by atoms with Gasteiger partial charge in [0.05, 0.1) is 17.0 Å². The van der Waals surface area contributed by atoms with Crippen molar-refractivity contribution in [2.24, 2.45) is 0 Å². The molecule has 0 unspecified atom stereocenters. The van der Waals surface area contributed by atoms with Crippen molar-refractivity contribution in [2.45, 2.75) is 32.9 Å². The van der Waals surface area contributed by atoms with Crippen molar-refractivity contribution in [1.29, 1.82) is 0 Å². The summed E-state index contributed by atoms with van der Waals surface area (Å²) in [6.07, 6.45) is 1.35. The molecule has 32 heavy (non-hydrogen) atoms. The van der Waals surface area contributed by atoms with E-state index in [4.69, 9.17) is 23.2 Å². The van der Waals surface area contributed by atoms with Gasteiger partial charge in [0.2, 0.25) is 21.8 Å².